The van der Waals surface area contributed by atoms with E-state index in [4.69, 9.17) is 4.74 Å². The van der Waals surface area contributed by atoms with E-state index in [0.29, 0.717) is 4.83 Å². The van der Waals surface area contributed by atoms with Crippen molar-refractivity contribution in [2.45, 2.75) is 32.0 Å². The lowest BCUT2D eigenvalue weighted by Gasteiger charge is -2.15. The summed E-state index contributed by atoms with van der Waals surface area (Å²) in [5.41, 5.74) is 6.48. The van der Waals surface area contributed by atoms with E-state index >= 15 is 0 Å². The van der Waals surface area contributed by atoms with Crippen molar-refractivity contribution in [1.29, 1.82) is 0 Å². The van der Waals surface area contributed by atoms with Gasteiger partial charge < -0.3 is 4.74 Å². The van der Waals surface area contributed by atoms with Crippen LogP contribution < -0.4 is 4.74 Å². The Morgan fingerprint density at radius 2 is 1.70 bits per heavy atom. The van der Waals surface area contributed by atoms with Crippen LogP contribution in [-0.2, 0) is 6.42 Å². The van der Waals surface area contributed by atoms with Crippen molar-refractivity contribution in [3.05, 3.63) is 64.2 Å². The average Bonchev–Trinajstić information content (AvgIpc) is 2.43. The van der Waals surface area contributed by atoms with Crippen molar-refractivity contribution in [3.63, 3.8) is 0 Å². The van der Waals surface area contributed by atoms with Gasteiger partial charge in [-0.05, 0) is 55.5 Å². The van der Waals surface area contributed by atoms with E-state index in [1.807, 2.05) is 0 Å². The molecule has 2 rings (SSSR count). The zero-order chi connectivity index (χ0) is 14.7. The van der Waals surface area contributed by atoms with Crippen LogP contribution in [0, 0.1) is 20.8 Å². The lowest BCUT2D eigenvalue weighted by Crippen LogP contribution is -1.99. The first kappa shape index (κ1) is 15.1. The van der Waals surface area contributed by atoms with Gasteiger partial charge in [-0.3, -0.25) is 0 Å². The van der Waals surface area contributed by atoms with Gasteiger partial charge in [0.15, 0.2) is 0 Å². The third kappa shape index (κ3) is 3.43. The monoisotopic (exact) mass is 332 g/mol. The smallest absolute Gasteiger partial charge is 0.122 e. The van der Waals surface area contributed by atoms with Crippen LogP contribution in [0.3, 0.4) is 0 Å². The van der Waals surface area contributed by atoms with Gasteiger partial charge in [-0.1, -0.05) is 51.8 Å². The maximum absolute atomic E-state index is 5.41. The molecule has 106 valence electrons. The summed E-state index contributed by atoms with van der Waals surface area (Å²) < 4.78 is 5.41. The Labute approximate surface area is 130 Å². The summed E-state index contributed by atoms with van der Waals surface area (Å²) in [7, 11) is 1.72. The summed E-state index contributed by atoms with van der Waals surface area (Å²) in [5, 5.41) is 0. The molecular weight excluding hydrogens is 312 g/mol. The molecule has 1 unspecified atom stereocenters. The minimum Gasteiger partial charge on any atom is -0.496 e. The minimum absolute atomic E-state index is 0.303. The Balaban J connectivity index is 2.23. The number of alkyl halides is 1. The van der Waals surface area contributed by atoms with Gasteiger partial charge in [-0.25, -0.2) is 0 Å². The molecule has 0 saturated carbocycles. The second kappa shape index (κ2) is 6.45. The molecule has 0 aliphatic rings. The normalized spacial score (nSPS) is 12.2. The van der Waals surface area contributed by atoms with Crippen molar-refractivity contribution < 1.29 is 4.74 Å². The predicted molar refractivity (Wildman–Crippen MR) is 89.0 cm³/mol. The van der Waals surface area contributed by atoms with Crippen LogP contribution in [-0.4, -0.2) is 7.11 Å². The van der Waals surface area contributed by atoms with Crippen molar-refractivity contribution >= 4 is 15.9 Å². The Kier molecular flexibility index (Phi) is 4.87. The van der Waals surface area contributed by atoms with Crippen LogP contribution in [0.5, 0.6) is 5.75 Å². The summed E-state index contributed by atoms with van der Waals surface area (Å²) in [5.74, 6) is 0.952. The van der Waals surface area contributed by atoms with Crippen molar-refractivity contribution in [2.75, 3.05) is 7.11 Å². The van der Waals surface area contributed by atoms with Crippen LogP contribution in [0.1, 0.15) is 32.6 Å². The third-order valence-electron chi connectivity index (χ3n) is 3.70. The van der Waals surface area contributed by atoms with E-state index in [1.54, 1.807) is 7.11 Å². The molecule has 2 aromatic carbocycles. The number of aryl methyl sites for hydroxylation is 3. The maximum atomic E-state index is 5.41. The van der Waals surface area contributed by atoms with E-state index < -0.39 is 0 Å². The standard InChI is InChI=1S/C18H21BrO/c1-12-5-6-13(2)16(9-12)10-17(19)15-8-7-14(3)18(11-15)20-4/h5-9,11,17H,10H2,1-4H3. The van der Waals surface area contributed by atoms with Gasteiger partial charge >= 0.3 is 0 Å². The molecule has 0 aromatic heterocycles. The molecule has 0 spiro atoms. The average molecular weight is 333 g/mol. The highest BCUT2D eigenvalue weighted by atomic mass is 79.9. The van der Waals surface area contributed by atoms with Gasteiger partial charge in [0.2, 0.25) is 0 Å². The zero-order valence-electron chi connectivity index (χ0n) is 12.5. The number of hydrogen-bond acceptors (Lipinski definition) is 1. The molecule has 0 heterocycles. The summed E-state index contributed by atoms with van der Waals surface area (Å²) in [4.78, 5) is 0.303. The second-order valence-corrected chi connectivity index (χ2v) is 6.44. The first-order valence-electron chi connectivity index (χ1n) is 6.86. The predicted octanol–water partition coefficient (Wildman–Crippen LogP) is 5.30. The fourth-order valence-corrected chi connectivity index (χ4v) is 3.00. The minimum atomic E-state index is 0.303. The van der Waals surface area contributed by atoms with E-state index in [9.17, 15) is 0 Å². The van der Waals surface area contributed by atoms with Crippen LogP contribution >= 0.6 is 15.9 Å². The Hall–Kier alpha value is -1.28. The molecule has 0 N–H and O–H groups in total. The Bertz CT molecular complexity index is 604. The molecule has 1 atom stereocenters. The van der Waals surface area contributed by atoms with Gasteiger partial charge in [0.25, 0.3) is 0 Å². The summed E-state index contributed by atoms with van der Waals surface area (Å²) in [6.45, 7) is 6.38. The van der Waals surface area contributed by atoms with Gasteiger partial charge in [0, 0.05) is 4.83 Å². The highest BCUT2D eigenvalue weighted by molar-refractivity contribution is 9.09. The van der Waals surface area contributed by atoms with Gasteiger partial charge in [0.05, 0.1) is 7.11 Å². The largest absolute Gasteiger partial charge is 0.496 e. The van der Waals surface area contributed by atoms with Crippen LogP contribution in [0.15, 0.2) is 36.4 Å². The fraction of sp³-hybridized carbons (Fsp3) is 0.333. The molecule has 20 heavy (non-hydrogen) atoms. The number of hydrogen-bond donors (Lipinski definition) is 0. The molecule has 2 heteroatoms. The molecule has 2 aromatic rings. The number of rotatable bonds is 4. The van der Waals surface area contributed by atoms with Crippen molar-refractivity contribution in [2.24, 2.45) is 0 Å². The maximum Gasteiger partial charge on any atom is 0.122 e. The molecule has 0 fully saturated rings. The van der Waals surface area contributed by atoms with E-state index in [-0.39, 0.29) is 0 Å². The number of methoxy groups -OCH3 is 1. The number of ether oxygens (including phenoxy) is 1. The lowest BCUT2D eigenvalue weighted by molar-refractivity contribution is 0.411. The molecule has 0 aliphatic heterocycles. The lowest BCUT2D eigenvalue weighted by atomic mass is 9.98. The fourth-order valence-electron chi connectivity index (χ4n) is 2.36. The molecule has 1 nitrogen and oxygen atoms in total. The van der Waals surface area contributed by atoms with Crippen molar-refractivity contribution in [3.8, 4) is 5.75 Å². The third-order valence-corrected chi connectivity index (χ3v) is 4.55. The Morgan fingerprint density at radius 1 is 1.00 bits per heavy atom. The molecule has 0 amide bonds. The number of halogens is 1. The van der Waals surface area contributed by atoms with Gasteiger partial charge in [-0.15, -0.1) is 0 Å². The Morgan fingerprint density at radius 3 is 2.40 bits per heavy atom. The van der Waals surface area contributed by atoms with Gasteiger partial charge in [0.1, 0.15) is 5.75 Å². The van der Waals surface area contributed by atoms with Crippen LogP contribution in [0.25, 0.3) is 0 Å². The van der Waals surface area contributed by atoms with E-state index in [2.05, 4.69) is 73.1 Å². The van der Waals surface area contributed by atoms with Crippen molar-refractivity contribution in [1.82, 2.24) is 0 Å². The second-order valence-electron chi connectivity index (χ2n) is 5.33. The van der Waals surface area contributed by atoms with E-state index in [0.717, 1.165) is 12.2 Å². The van der Waals surface area contributed by atoms with Crippen LogP contribution in [0.4, 0.5) is 0 Å². The quantitative estimate of drug-likeness (QED) is 0.690. The van der Waals surface area contributed by atoms with E-state index in [1.165, 1.54) is 27.8 Å². The summed E-state index contributed by atoms with van der Waals surface area (Å²) in [6, 6.07) is 13.0. The zero-order valence-corrected chi connectivity index (χ0v) is 14.1. The molecular formula is C18H21BrO. The number of benzene rings is 2. The highest BCUT2D eigenvalue weighted by Gasteiger charge is 2.12. The SMILES string of the molecule is COc1cc(C(Br)Cc2cc(C)ccc2C)ccc1C. The van der Waals surface area contributed by atoms with Crippen LogP contribution in [0.2, 0.25) is 0 Å². The topological polar surface area (TPSA) is 9.23 Å². The molecule has 0 bridgehead atoms. The molecule has 0 saturated heterocycles. The molecule has 0 radical (unpaired) electrons. The highest BCUT2D eigenvalue weighted by Crippen LogP contribution is 2.31. The summed E-state index contributed by atoms with van der Waals surface area (Å²) >= 11 is 3.81. The first-order valence-corrected chi connectivity index (χ1v) is 7.77. The molecule has 0 aliphatic carbocycles. The first-order chi connectivity index (χ1) is 9.51. The summed E-state index contributed by atoms with van der Waals surface area (Å²) in [6.07, 6.45) is 0.986. The van der Waals surface area contributed by atoms with Gasteiger partial charge in [-0.2, -0.15) is 0 Å².